The van der Waals surface area contributed by atoms with Gasteiger partial charge in [-0.25, -0.2) is 0 Å². The lowest BCUT2D eigenvalue weighted by atomic mass is 9.94. The van der Waals surface area contributed by atoms with E-state index in [9.17, 15) is 0 Å². The highest BCUT2D eigenvalue weighted by Gasteiger charge is 2.34. The number of thiocarbonyl (C=S) groups is 1. The van der Waals surface area contributed by atoms with Crippen LogP contribution in [-0.4, -0.2) is 21.5 Å². The molecule has 0 radical (unpaired) electrons. The van der Waals surface area contributed by atoms with Gasteiger partial charge in [0.1, 0.15) is 0 Å². The predicted octanol–water partition coefficient (Wildman–Crippen LogP) is 6.63. The van der Waals surface area contributed by atoms with Gasteiger partial charge >= 0.3 is 0 Å². The van der Waals surface area contributed by atoms with Crippen LogP contribution in [0.5, 0.6) is 0 Å². The summed E-state index contributed by atoms with van der Waals surface area (Å²) in [7, 11) is 0. The maximum atomic E-state index is 5.83. The van der Waals surface area contributed by atoms with Crippen molar-refractivity contribution < 1.29 is 4.52 Å². The minimum Gasteiger partial charge on any atom is -0.351 e. The van der Waals surface area contributed by atoms with E-state index in [1.807, 2.05) is 47.4 Å². The topological polar surface area (TPSA) is 54.2 Å². The Bertz CT molecular complexity index is 1350. The first-order chi connectivity index (χ1) is 16.5. The van der Waals surface area contributed by atoms with Crippen molar-refractivity contribution in [3.05, 3.63) is 102 Å². The molecule has 1 aliphatic rings. The van der Waals surface area contributed by atoms with Gasteiger partial charge in [-0.3, -0.25) is 4.90 Å². The molecule has 0 fully saturated rings. The zero-order valence-corrected chi connectivity index (χ0v) is 20.8. The molecule has 1 N–H and O–H groups in total. The van der Waals surface area contributed by atoms with Crippen molar-refractivity contribution in [2.24, 2.45) is 0 Å². The summed E-state index contributed by atoms with van der Waals surface area (Å²) in [4.78, 5) is 8.02. The number of nitrogens with one attached hydrogen (secondary N) is 1. The van der Waals surface area contributed by atoms with Crippen molar-refractivity contribution >= 4 is 40.4 Å². The first-order valence-corrected chi connectivity index (χ1v) is 12.6. The van der Waals surface area contributed by atoms with E-state index in [4.69, 9.17) is 21.7 Å². The molecule has 34 heavy (non-hydrogen) atoms. The summed E-state index contributed by atoms with van der Waals surface area (Å²) in [6.07, 6.45) is 2.07. The van der Waals surface area contributed by atoms with E-state index < -0.39 is 0 Å². The monoisotopic (exact) mass is 484 g/mol. The van der Waals surface area contributed by atoms with Crippen LogP contribution in [0.3, 0.4) is 0 Å². The molecule has 7 heteroatoms. The van der Waals surface area contributed by atoms with Crippen LogP contribution in [-0.2, 0) is 0 Å². The van der Waals surface area contributed by atoms with Gasteiger partial charge < -0.3 is 9.84 Å². The zero-order chi connectivity index (χ0) is 23.7. The molecule has 0 saturated heterocycles. The van der Waals surface area contributed by atoms with Gasteiger partial charge in [-0.2, -0.15) is 4.98 Å². The van der Waals surface area contributed by atoms with Crippen molar-refractivity contribution in [3.8, 4) is 11.4 Å². The van der Waals surface area contributed by atoms with Crippen LogP contribution in [0.4, 0.5) is 5.69 Å². The molecule has 2 heterocycles. The molecule has 0 amide bonds. The van der Waals surface area contributed by atoms with Crippen molar-refractivity contribution in [3.63, 3.8) is 0 Å². The van der Waals surface area contributed by atoms with Gasteiger partial charge in [0, 0.05) is 21.8 Å². The van der Waals surface area contributed by atoms with Gasteiger partial charge in [0.2, 0.25) is 5.82 Å². The molecular formula is C27H24N4OS2. The maximum Gasteiger partial charge on any atom is 0.258 e. The molecule has 0 bridgehead atoms. The van der Waals surface area contributed by atoms with Gasteiger partial charge in [0.15, 0.2) is 5.11 Å². The lowest BCUT2D eigenvalue weighted by Gasteiger charge is -2.37. The van der Waals surface area contributed by atoms with Gasteiger partial charge in [-0.15, -0.1) is 11.8 Å². The highest BCUT2D eigenvalue weighted by Crippen LogP contribution is 2.39. The summed E-state index contributed by atoms with van der Waals surface area (Å²) < 4.78 is 5.83. The molecule has 1 aliphatic heterocycles. The van der Waals surface area contributed by atoms with Gasteiger partial charge in [0.05, 0.1) is 11.6 Å². The Kier molecular flexibility index (Phi) is 6.22. The molecular weight excluding hydrogens is 460 g/mol. The first kappa shape index (κ1) is 22.4. The van der Waals surface area contributed by atoms with Gasteiger partial charge in [-0.05, 0) is 62.2 Å². The summed E-state index contributed by atoms with van der Waals surface area (Å²) in [6, 6.07) is 26.4. The van der Waals surface area contributed by atoms with Crippen LogP contribution in [0.25, 0.3) is 17.0 Å². The number of allylic oxidation sites excluding steroid dienone is 1. The molecule has 5 nitrogen and oxygen atoms in total. The fourth-order valence-corrected chi connectivity index (χ4v) is 4.88. The number of hydrogen-bond acceptors (Lipinski definition) is 5. The van der Waals surface area contributed by atoms with E-state index >= 15 is 0 Å². The number of hydrogen-bond donors (Lipinski definition) is 1. The van der Waals surface area contributed by atoms with Gasteiger partial charge in [0.25, 0.3) is 5.89 Å². The highest BCUT2D eigenvalue weighted by molar-refractivity contribution is 7.98. The molecule has 0 saturated carbocycles. The standard InChI is InChI=1S/C27H24N4OS2/c1-17-9-11-20(12-10-17)25-29-26(32-30-25)23-18(2)31(21-13-15-22(34-3)16-14-21)27(33)28-24(23)19-7-5-4-6-8-19/h4-16,24H,1-3H3,(H,28,33). The smallest absolute Gasteiger partial charge is 0.258 e. The molecule has 1 unspecified atom stereocenters. The summed E-state index contributed by atoms with van der Waals surface area (Å²) >= 11 is 7.54. The van der Waals surface area contributed by atoms with E-state index in [0.717, 1.165) is 28.1 Å². The summed E-state index contributed by atoms with van der Waals surface area (Å²) in [5, 5.41) is 8.43. The lowest BCUT2D eigenvalue weighted by molar-refractivity contribution is 0.404. The van der Waals surface area contributed by atoms with Crippen LogP contribution in [0.1, 0.15) is 30.0 Å². The van der Waals surface area contributed by atoms with E-state index in [1.54, 1.807) is 11.8 Å². The van der Waals surface area contributed by atoms with E-state index in [1.165, 1.54) is 10.5 Å². The molecule has 1 aromatic heterocycles. The number of anilines is 1. The second-order valence-electron chi connectivity index (χ2n) is 8.11. The minimum atomic E-state index is -0.207. The zero-order valence-electron chi connectivity index (χ0n) is 19.1. The number of rotatable bonds is 5. The third-order valence-electron chi connectivity index (χ3n) is 5.91. The fourth-order valence-electron chi connectivity index (χ4n) is 4.11. The average molecular weight is 485 g/mol. The summed E-state index contributed by atoms with van der Waals surface area (Å²) in [6.45, 7) is 4.11. The number of nitrogens with zero attached hydrogens (tertiary/aromatic N) is 3. The molecule has 1 atom stereocenters. The second-order valence-corrected chi connectivity index (χ2v) is 9.38. The quantitative estimate of drug-likeness (QED) is 0.252. The number of aromatic nitrogens is 2. The van der Waals surface area contributed by atoms with Gasteiger partial charge in [-0.1, -0.05) is 65.3 Å². The molecule has 0 aliphatic carbocycles. The SMILES string of the molecule is CSc1ccc(N2C(=S)NC(c3ccccc3)C(c3nc(-c4ccc(C)cc4)no3)=C2C)cc1. The Morgan fingerprint density at radius 3 is 2.32 bits per heavy atom. The second kappa shape index (κ2) is 9.44. The molecule has 3 aromatic carbocycles. The fraction of sp³-hybridized carbons (Fsp3) is 0.148. The van der Waals surface area contributed by atoms with Crippen molar-refractivity contribution in [1.82, 2.24) is 15.5 Å². The van der Waals surface area contributed by atoms with E-state index in [2.05, 4.69) is 67.0 Å². The third kappa shape index (κ3) is 4.24. The van der Waals surface area contributed by atoms with Crippen LogP contribution >= 0.6 is 24.0 Å². The maximum absolute atomic E-state index is 5.83. The normalized spacial score (nSPS) is 16.0. The predicted molar refractivity (Wildman–Crippen MR) is 143 cm³/mol. The molecule has 170 valence electrons. The minimum absolute atomic E-state index is 0.207. The average Bonchev–Trinajstić information content (AvgIpc) is 3.35. The number of aryl methyl sites for hydroxylation is 1. The van der Waals surface area contributed by atoms with Crippen LogP contribution in [0, 0.1) is 6.92 Å². The van der Waals surface area contributed by atoms with E-state index in [0.29, 0.717) is 16.8 Å². The van der Waals surface area contributed by atoms with Crippen LogP contribution < -0.4 is 10.2 Å². The Morgan fingerprint density at radius 1 is 0.941 bits per heavy atom. The Balaban J connectivity index is 1.63. The highest BCUT2D eigenvalue weighted by atomic mass is 32.2. The first-order valence-electron chi connectivity index (χ1n) is 11.0. The van der Waals surface area contributed by atoms with E-state index in [-0.39, 0.29) is 6.04 Å². The van der Waals surface area contributed by atoms with Crippen LogP contribution in [0.2, 0.25) is 0 Å². The van der Waals surface area contributed by atoms with Crippen molar-refractivity contribution in [2.45, 2.75) is 24.8 Å². The molecule has 0 spiro atoms. The Hall–Kier alpha value is -3.42. The summed E-state index contributed by atoms with van der Waals surface area (Å²) in [5.74, 6) is 1.04. The van der Waals surface area contributed by atoms with Crippen molar-refractivity contribution in [2.75, 3.05) is 11.2 Å². The summed E-state index contributed by atoms with van der Waals surface area (Å²) in [5.41, 5.74) is 6.01. The molecule has 5 rings (SSSR count). The Morgan fingerprint density at radius 2 is 1.65 bits per heavy atom. The largest absolute Gasteiger partial charge is 0.351 e. The number of benzene rings is 3. The number of thioether (sulfide) groups is 1. The molecule has 4 aromatic rings. The Labute approximate surface area is 208 Å². The lowest BCUT2D eigenvalue weighted by Crippen LogP contribution is -2.46. The third-order valence-corrected chi connectivity index (χ3v) is 6.96. The van der Waals surface area contributed by atoms with Crippen molar-refractivity contribution in [1.29, 1.82) is 0 Å². The van der Waals surface area contributed by atoms with Crippen LogP contribution in [0.15, 0.2) is 94.0 Å².